The van der Waals surface area contributed by atoms with Gasteiger partial charge in [0.05, 0.1) is 18.1 Å². The van der Waals surface area contributed by atoms with Crippen LogP contribution in [0.25, 0.3) is 0 Å². The van der Waals surface area contributed by atoms with Gasteiger partial charge in [0, 0.05) is 44.5 Å². The fourth-order valence-corrected chi connectivity index (χ4v) is 3.03. The topological polar surface area (TPSA) is 50.3 Å². The molecule has 3 atom stereocenters. The van der Waals surface area contributed by atoms with Crippen LogP contribution in [0.2, 0.25) is 0 Å². The van der Waals surface area contributed by atoms with Crippen LogP contribution in [-0.4, -0.2) is 58.1 Å². The average Bonchev–Trinajstić information content (AvgIpc) is 2.85. The second-order valence-electron chi connectivity index (χ2n) is 5.67. The Morgan fingerprint density at radius 1 is 1.37 bits per heavy atom. The number of hydrogen-bond acceptors (Lipinski definition) is 4. The van der Waals surface area contributed by atoms with Gasteiger partial charge in [-0.15, -0.1) is 0 Å². The standard InChI is InChI=1S/C14H27N5/c1-5-18-10-16-7-14(18)13(6-15)19-8-11(2)17(4)12(3)9-19/h7,10-13H,5-6,8-9,15H2,1-4H3. The highest BCUT2D eigenvalue weighted by Crippen LogP contribution is 2.24. The predicted octanol–water partition coefficient (Wildman–Crippen LogP) is 0.927. The van der Waals surface area contributed by atoms with Crippen molar-refractivity contribution < 1.29 is 0 Å². The molecule has 2 N–H and O–H groups in total. The maximum Gasteiger partial charge on any atom is 0.0948 e. The zero-order valence-corrected chi connectivity index (χ0v) is 12.6. The van der Waals surface area contributed by atoms with Crippen molar-refractivity contribution in [2.45, 2.75) is 45.4 Å². The first-order valence-electron chi connectivity index (χ1n) is 7.24. The highest BCUT2D eigenvalue weighted by Gasteiger charge is 2.31. The summed E-state index contributed by atoms with van der Waals surface area (Å²) in [5.74, 6) is 0. The van der Waals surface area contributed by atoms with Gasteiger partial charge in [-0.25, -0.2) is 4.98 Å². The minimum atomic E-state index is 0.279. The fraction of sp³-hybridized carbons (Fsp3) is 0.786. The van der Waals surface area contributed by atoms with Crippen molar-refractivity contribution in [1.82, 2.24) is 19.4 Å². The summed E-state index contributed by atoms with van der Waals surface area (Å²) in [6.07, 6.45) is 3.87. The summed E-state index contributed by atoms with van der Waals surface area (Å²) >= 11 is 0. The van der Waals surface area contributed by atoms with Crippen molar-refractivity contribution >= 4 is 0 Å². The Morgan fingerprint density at radius 3 is 2.53 bits per heavy atom. The van der Waals surface area contributed by atoms with Gasteiger partial charge >= 0.3 is 0 Å². The number of hydrogen-bond donors (Lipinski definition) is 1. The molecule has 0 bridgehead atoms. The van der Waals surface area contributed by atoms with Crippen molar-refractivity contribution in [3.8, 4) is 0 Å². The van der Waals surface area contributed by atoms with E-state index in [1.165, 1.54) is 5.69 Å². The molecular formula is C14H27N5. The summed E-state index contributed by atoms with van der Waals surface area (Å²) in [4.78, 5) is 9.24. The van der Waals surface area contributed by atoms with Crippen LogP contribution >= 0.6 is 0 Å². The largest absolute Gasteiger partial charge is 0.333 e. The molecule has 108 valence electrons. The van der Waals surface area contributed by atoms with E-state index in [1.54, 1.807) is 0 Å². The molecule has 0 spiro atoms. The molecule has 1 fully saturated rings. The number of likely N-dealkylation sites (N-methyl/N-ethyl adjacent to an activating group) is 1. The summed E-state index contributed by atoms with van der Waals surface area (Å²) in [7, 11) is 2.21. The Bertz CT molecular complexity index is 390. The normalized spacial score (nSPS) is 27.6. The molecule has 1 aromatic heterocycles. The van der Waals surface area contributed by atoms with Gasteiger partial charge in [-0.05, 0) is 27.8 Å². The Labute approximate surface area is 116 Å². The van der Waals surface area contributed by atoms with Crippen LogP contribution in [0, 0.1) is 0 Å². The zero-order valence-electron chi connectivity index (χ0n) is 12.6. The summed E-state index contributed by atoms with van der Waals surface area (Å²) in [5, 5.41) is 0. The quantitative estimate of drug-likeness (QED) is 0.880. The zero-order chi connectivity index (χ0) is 14.0. The fourth-order valence-electron chi connectivity index (χ4n) is 3.03. The molecule has 5 nitrogen and oxygen atoms in total. The lowest BCUT2D eigenvalue weighted by Gasteiger charge is -2.45. The predicted molar refractivity (Wildman–Crippen MR) is 78.0 cm³/mol. The summed E-state index contributed by atoms with van der Waals surface area (Å²) < 4.78 is 2.20. The van der Waals surface area contributed by atoms with E-state index in [4.69, 9.17) is 5.73 Å². The molecule has 0 radical (unpaired) electrons. The molecule has 0 saturated carbocycles. The van der Waals surface area contributed by atoms with Crippen LogP contribution in [0.5, 0.6) is 0 Å². The van der Waals surface area contributed by atoms with Gasteiger partial charge in [-0.2, -0.15) is 0 Å². The van der Waals surface area contributed by atoms with E-state index in [0.717, 1.165) is 19.6 Å². The molecular weight excluding hydrogens is 238 g/mol. The van der Waals surface area contributed by atoms with Gasteiger partial charge in [0.2, 0.25) is 0 Å². The first-order valence-corrected chi connectivity index (χ1v) is 7.24. The van der Waals surface area contributed by atoms with E-state index in [9.17, 15) is 0 Å². The van der Waals surface area contributed by atoms with E-state index >= 15 is 0 Å². The lowest BCUT2D eigenvalue weighted by Crippen LogP contribution is -2.56. The van der Waals surface area contributed by atoms with Gasteiger partial charge in [-0.3, -0.25) is 9.80 Å². The molecule has 19 heavy (non-hydrogen) atoms. The molecule has 1 aliphatic heterocycles. The Balaban J connectivity index is 2.18. The number of aryl methyl sites for hydroxylation is 1. The molecule has 0 amide bonds. The van der Waals surface area contributed by atoms with E-state index in [0.29, 0.717) is 18.6 Å². The highest BCUT2D eigenvalue weighted by molar-refractivity contribution is 5.08. The first kappa shape index (κ1) is 14.5. The maximum atomic E-state index is 6.05. The molecule has 5 heteroatoms. The lowest BCUT2D eigenvalue weighted by atomic mass is 10.0. The van der Waals surface area contributed by atoms with Crippen LogP contribution in [0.4, 0.5) is 0 Å². The minimum absolute atomic E-state index is 0.279. The van der Waals surface area contributed by atoms with Crippen LogP contribution in [0.15, 0.2) is 12.5 Å². The number of rotatable bonds is 4. The molecule has 1 aromatic rings. The Hall–Kier alpha value is -0.910. The smallest absolute Gasteiger partial charge is 0.0948 e. The minimum Gasteiger partial charge on any atom is -0.333 e. The molecule has 0 aliphatic carbocycles. The Kier molecular flexibility index (Phi) is 4.60. The maximum absolute atomic E-state index is 6.05. The summed E-state index contributed by atoms with van der Waals surface area (Å²) in [6.45, 7) is 10.4. The van der Waals surface area contributed by atoms with Crippen molar-refractivity contribution in [2.75, 3.05) is 26.7 Å². The number of imidazole rings is 1. The second-order valence-corrected chi connectivity index (χ2v) is 5.67. The van der Waals surface area contributed by atoms with Crippen LogP contribution in [-0.2, 0) is 6.54 Å². The van der Waals surface area contributed by atoms with Gasteiger partial charge < -0.3 is 10.3 Å². The Morgan fingerprint density at radius 2 is 2.00 bits per heavy atom. The van der Waals surface area contributed by atoms with Crippen molar-refractivity contribution in [3.05, 3.63) is 18.2 Å². The van der Waals surface area contributed by atoms with Crippen molar-refractivity contribution in [3.63, 3.8) is 0 Å². The van der Waals surface area contributed by atoms with Gasteiger partial charge in [0.25, 0.3) is 0 Å². The molecule has 0 aromatic carbocycles. The van der Waals surface area contributed by atoms with E-state index < -0.39 is 0 Å². The molecule has 1 aliphatic rings. The number of nitrogens with two attached hydrogens (primary N) is 1. The third kappa shape index (κ3) is 2.83. The van der Waals surface area contributed by atoms with Crippen LogP contribution < -0.4 is 5.73 Å². The monoisotopic (exact) mass is 265 g/mol. The van der Waals surface area contributed by atoms with Crippen LogP contribution in [0.1, 0.15) is 32.5 Å². The highest BCUT2D eigenvalue weighted by atomic mass is 15.3. The third-order valence-corrected chi connectivity index (χ3v) is 4.48. The molecule has 2 heterocycles. The SMILES string of the molecule is CCn1cncc1C(CN)N1CC(C)N(C)C(C)C1. The lowest BCUT2D eigenvalue weighted by molar-refractivity contribution is 0.0333. The summed E-state index contributed by atoms with van der Waals surface area (Å²) in [5.41, 5.74) is 7.29. The first-order chi connectivity index (χ1) is 9.08. The van der Waals surface area contributed by atoms with E-state index in [1.807, 2.05) is 12.5 Å². The van der Waals surface area contributed by atoms with Crippen molar-refractivity contribution in [1.29, 1.82) is 0 Å². The van der Waals surface area contributed by atoms with E-state index in [2.05, 4.69) is 47.2 Å². The average molecular weight is 265 g/mol. The second kappa shape index (κ2) is 6.03. The number of piperazine rings is 1. The van der Waals surface area contributed by atoms with Crippen LogP contribution in [0.3, 0.4) is 0 Å². The van der Waals surface area contributed by atoms with E-state index in [-0.39, 0.29) is 6.04 Å². The third-order valence-electron chi connectivity index (χ3n) is 4.48. The van der Waals surface area contributed by atoms with Gasteiger partial charge in [0.15, 0.2) is 0 Å². The molecule has 3 unspecified atom stereocenters. The van der Waals surface area contributed by atoms with Crippen molar-refractivity contribution in [2.24, 2.45) is 5.73 Å². The molecule has 2 rings (SSSR count). The molecule has 1 saturated heterocycles. The number of nitrogens with zero attached hydrogens (tertiary/aromatic N) is 4. The number of aromatic nitrogens is 2. The summed E-state index contributed by atoms with van der Waals surface area (Å²) in [6, 6.07) is 1.41. The van der Waals surface area contributed by atoms with Gasteiger partial charge in [0.1, 0.15) is 0 Å². The van der Waals surface area contributed by atoms with Gasteiger partial charge in [-0.1, -0.05) is 0 Å².